The van der Waals surface area contributed by atoms with Gasteiger partial charge in [0.25, 0.3) is 0 Å². The molecule has 0 atom stereocenters. The summed E-state index contributed by atoms with van der Waals surface area (Å²) in [6.45, 7) is 14.2. The summed E-state index contributed by atoms with van der Waals surface area (Å²) < 4.78 is 0. The van der Waals surface area contributed by atoms with Gasteiger partial charge in [0.05, 0.1) is 0 Å². The lowest BCUT2D eigenvalue weighted by molar-refractivity contribution is 0.257. The van der Waals surface area contributed by atoms with E-state index in [0.717, 1.165) is 13.1 Å². The summed E-state index contributed by atoms with van der Waals surface area (Å²) in [5.41, 5.74) is 1.19. The molecule has 0 aromatic carbocycles. The van der Waals surface area contributed by atoms with E-state index in [1.807, 2.05) is 20.8 Å². The number of hydrogen-bond donors (Lipinski definition) is 0. The molecule has 0 saturated carbocycles. The molecule has 1 aliphatic rings. The molecule has 0 amide bonds. The molecule has 1 fully saturated rings. The summed E-state index contributed by atoms with van der Waals surface area (Å²) in [5, 5.41) is 0. The molecule has 1 saturated heterocycles. The van der Waals surface area contributed by atoms with Crippen molar-refractivity contribution in [2.24, 2.45) is 5.92 Å². The van der Waals surface area contributed by atoms with Crippen LogP contribution in [0.15, 0.2) is 12.3 Å². The highest BCUT2D eigenvalue weighted by Crippen LogP contribution is 2.18. The van der Waals surface area contributed by atoms with Crippen LogP contribution < -0.4 is 0 Å². The summed E-state index contributed by atoms with van der Waals surface area (Å²) in [7, 11) is 0. The topological polar surface area (TPSA) is 3.24 Å². The van der Waals surface area contributed by atoms with Gasteiger partial charge in [-0.15, -0.1) is 11.8 Å². The van der Waals surface area contributed by atoms with Crippen molar-refractivity contribution >= 4 is 0 Å². The Bertz CT molecular complexity index is 211. The van der Waals surface area contributed by atoms with E-state index < -0.39 is 0 Å². The second-order valence-corrected chi connectivity index (χ2v) is 3.39. The highest BCUT2D eigenvalue weighted by Gasteiger charge is 2.16. The van der Waals surface area contributed by atoms with E-state index in [1.165, 1.54) is 18.5 Å². The average Bonchev–Trinajstić information content (AvgIpc) is 2.22. The fraction of sp³-hybridized carbons (Fsp3) is 0.692. The molecule has 1 heterocycles. The first kappa shape index (κ1) is 13.1. The molecule has 0 N–H and O–H groups in total. The normalized spacial score (nSPS) is 16.1. The summed E-state index contributed by atoms with van der Waals surface area (Å²) >= 11 is 0. The molecule has 0 spiro atoms. The van der Waals surface area contributed by atoms with Gasteiger partial charge in [0.1, 0.15) is 0 Å². The van der Waals surface area contributed by atoms with Crippen LogP contribution in [0, 0.1) is 17.8 Å². The van der Waals surface area contributed by atoms with Gasteiger partial charge in [-0.2, -0.15) is 0 Å². The zero-order valence-electron chi connectivity index (χ0n) is 10.1. The Balaban J connectivity index is 0.000000791. The number of likely N-dealkylation sites (tertiary alicyclic amines) is 1. The summed E-state index contributed by atoms with van der Waals surface area (Å²) in [6, 6.07) is 0. The first-order valence-electron chi connectivity index (χ1n) is 5.56. The molecule has 1 rings (SSSR count). The minimum absolute atomic E-state index is 0.630. The Morgan fingerprint density at radius 2 is 1.79 bits per heavy atom. The Hall–Kier alpha value is -0.900. The van der Waals surface area contributed by atoms with Crippen LogP contribution in [0.2, 0.25) is 0 Å². The molecule has 80 valence electrons. The Kier molecular flexibility index (Phi) is 7.02. The van der Waals surface area contributed by atoms with E-state index in [2.05, 4.69) is 30.2 Å². The van der Waals surface area contributed by atoms with Crippen molar-refractivity contribution in [3.8, 4) is 11.8 Å². The third-order valence-electron chi connectivity index (χ3n) is 2.38. The number of piperidine rings is 1. The van der Waals surface area contributed by atoms with Crippen LogP contribution in [0.3, 0.4) is 0 Å². The molecule has 0 unspecified atom stereocenters. The van der Waals surface area contributed by atoms with Gasteiger partial charge in [0.15, 0.2) is 0 Å². The minimum atomic E-state index is 0.630. The zero-order valence-corrected chi connectivity index (χ0v) is 10.1. The lowest BCUT2D eigenvalue weighted by atomic mass is 9.97. The highest BCUT2D eigenvalue weighted by atomic mass is 15.1. The summed E-state index contributed by atoms with van der Waals surface area (Å²) in [4.78, 5) is 2.34. The van der Waals surface area contributed by atoms with E-state index in [4.69, 9.17) is 0 Å². The number of nitrogens with zero attached hydrogens (tertiary/aromatic N) is 1. The number of hydrogen-bond acceptors (Lipinski definition) is 1. The van der Waals surface area contributed by atoms with Crippen LogP contribution in [0.4, 0.5) is 0 Å². The molecule has 0 aliphatic carbocycles. The first-order valence-corrected chi connectivity index (χ1v) is 5.56. The molecule has 14 heavy (non-hydrogen) atoms. The van der Waals surface area contributed by atoms with E-state index in [1.54, 1.807) is 0 Å². The van der Waals surface area contributed by atoms with Crippen LogP contribution in [0.25, 0.3) is 0 Å². The summed E-state index contributed by atoms with van der Waals surface area (Å²) in [6.07, 6.45) is 2.40. The molecule has 0 aromatic rings. The lowest BCUT2D eigenvalue weighted by Gasteiger charge is -2.31. The second-order valence-electron chi connectivity index (χ2n) is 3.39. The molecular formula is C13H23N. The van der Waals surface area contributed by atoms with Crippen molar-refractivity contribution in [1.29, 1.82) is 0 Å². The molecule has 0 bridgehead atoms. The average molecular weight is 193 g/mol. The number of allylic oxidation sites excluding steroid dienone is 1. The van der Waals surface area contributed by atoms with E-state index in [0.29, 0.717) is 5.92 Å². The predicted molar refractivity (Wildman–Crippen MR) is 63.9 cm³/mol. The van der Waals surface area contributed by atoms with Gasteiger partial charge in [0.2, 0.25) is 0 Å². The Morgan fingerprint density at radius 3 is 2.14 bits per heavy atom. The van der Waals surface area contributed by atoms with Crippen molar-refractivity contribution in [1.82, 2.24) is 4.90 Å². The molecule has 1 aliphatic heterocycles. The van der Waals surface area contributed by atoms with Crippen LogP contribution >= 0.6 is 0 Å². The van der Waals surface area contributed by atoms with Gasteiger partial charge in [-0.3, -0.25) is 0 Å². The SMILES string of the molecule is C=C(C)N1CCC(C#CC)CC1.CC. The maximum atomic E-state index is 3.94. The largest absolute Gasteiger partial charge is 0.375 e. The van der Waals surface area contributed by atoms with Gasteiger partial charge in [-0.05, 0) is 26.7 Å². The standard InChI is InChI=1S/C11H17N.C2H6/c1-4-5-11-6-8-12(9-7-11)10(2)3;1-2/h11H,2,6-9H2,1,3H3;1-2H3. The van der Waals surface area contributed by atoms with Crippen molar-refractivity contribution in [2.45, 2.75) is 40.5 Å². The fourth-order valence-corrected chi connectivity index (χ4v) is 1.61. The van der Waals surface area contributed by atoms with Crippen molar-refractivity contribution in [2.75, 3.05) is 13.1 Å². The lowest BCUT2D eigenvalue weighted by Crippen LogP contribution is -2.31. The molecular weight excluding hydrogens is 170 g/mol. The van der Waals surface area contributed by atoms with Gasteiger partial charge in [0, 0.05) is 24.7 Å². The number of rotatable bonds is 1. The molecule has 0 aromatic heterocycles. The van der Waals surface area contributed by atoms with Gasteiger partial charge in [-0.25, -0.2) is 0 Å². The predicted octanol–water partition coefficient (Wildman–Crippen LogP) is 3.28. The maximum absolute atomic E-state index is 3.94. The smallest absolute Gasteiger partial charge is 0.0236 e. The van der Waals surface area contributed by atoms with Crippen LogP contribution in [0.1, 0.15) is 40.5 Å². The molecule has 0 radical (unpaired) electrons. The third kappa shape index (κ3) is 4.37. The van der Waals surface area contributed by atoms with Crippen LogP contribution in [-0.4, -0.2) is 18.0 Å². The minimum Gasteiger partial charge on any atom is -0.375 e. The Labute approximate surface area is 89.2 Å². The molecule has 1 nitrogen and oxygen atoms in total. The van der Waals surface area contributed by atoms with Crippen LogP contribution in [-0.2, 0) is 0 Å². The summed E-state index contributed by atoms with van der Waals surface area (Å²) in [5.74, 6) is 6.86. The highest BCUT2D eigenvalue weighted by molar-refractivity contribution is 5.04. The van der Waals surface area contributed by atoms with Crippen molar-refractivity contribution in [3.63, 3.8) is 0 Å². The third-order valence-corrected chi connectivity index (χ3v) is 2.38. The fourth-order valence-electron chi connectivity index (χ4n) is 1.61. The van der Waals surface area contributed by atoms with Gasteiger partial charge in [-0.1, -0.05) is 20.4 Å². The maximum Gasteiger partial charge on any atom is 0.0236 e. The Morgan fingerprint density at radius 1 is 1.29 bits per heavy atom. The van der Waals surface area contributed by atoms with E-state index in [9.17, 15) is 0 Å². The van der Waals surface area contributed by atoms with E-state index >= 15 is 0 Å². The monoisotopic (exact) mass is 193 g/mol. The second kappa shape index (κ2) is 7.50. The molecule has 1 heteroatoms. The van der Waals surface area contributed by atoms with E-state index in [-0.39, 0.29) is 0 Å². The van der Waals surface area contributed by atoms with Crippen molar-refractivity contribution < 1.29 is 0 Å². The van der Waals surface area contributed by atoms with Gasteiger partial charge < -0.3 is 4.90 Å². The van der Waals surface area contributed by atoms with Crippen molar-refractivity contribution in [3.05, 3.63) is 12.3 Å². The van der Waals surface area contributed by atoms with Crippen LogP contribution in [0.5, 0.6) is 0 Å². The van der Waals surface area contributed by atoms with Gasteiger partial charge >= 0.3 is 0 Å². The zero-order chi connectivity index (χ0) is 11.0. The first-order chi connectivity index (χ1) is 6.74. The quantitative estimate of drug-likeness (QED) is 0.578.